The fourth-order valence-corrected chi connectivity index (χ4v) is 1.76. The first-order valence-electron chi connectivity index (χ1n) is 6.58. The van der Waals surface area contributed by atoms with Crippen LogP contribution in [0.1, 0.15) is 43.6 Å². The van der Waals surface area contributed by atoms with Crippen molar-refractivity contribution in [2.45, 2.75) is 39.2 Å². The monoisotopic (exact) mass is 294 g/mol. The minimum Gasteiger partial charge on any atom is -0.392 e. The van der Waals surface area contributed by atoms with Crippen molar-refractivity contribution in [3.05, 3.63) is 35.4 Å². The molecule has 0 aliphatic rings. The van der Waals surface area contributed by atoms with Gasteiger partial charge in [0.05, 0.1) is 6.10 Å². The normalized spacial score (nSPS) is 12.7. The number of benzene rings is 1. The summed E-state index contributed by atoms with van der Waals surface area (Å²) < 4.78 is 0. The lowest BCUT2D eigenvalue weighted by atomic mass is 9.87. The smallest absolute Gasteiger partial charge is 0.257 e. The maximum absolute atomic E-state index is 12.0. The van der Waals surface area contributed by atoms with Gasteiger partial charge in [-0.05, 0) is 42.3 Å². The number of hydrogen-bond donors (Lipinski definition) is 3. The molecule has 3 N–H and O–H groups in total. The summed E-state index contributed by atoms with van der Waals surface area (Å²) in [6.07, 6.45) is -0.518. The van der Waals surface area contributed by atoms with Crippen LogP contribution in [0.4, 0.5) is 0 Å². The Morgan fingerprint density at radius 3 is 2.30 bits per heavy atom. The Kier molecular flexibility index (Phi) is 5.65. The van der Waals surface area contributed by atoms with Crippen LogP contribution in [-0.4, -0.2) is 28.8 Å². The summed E-state index contributed by atoms with van der Waals surface area (Å²) in [5, 5.41) is 14.7. The summed E-state index contributed by atoms with van der Waals surface area (Å²) in [5.74, 6) is -0.256. The minimum absolute atomic E-state index is 0.0587. The third-order valence-electron chi connectivity index (χ3n) is 2.80. The van der Waals surface area contributed by atoms with Gasteiger partial charge in [0, 0.05) is 12.1 Å². The average molecular weight is 294 g/mol. The van der Waals surface area contributed by atoms with E-state index in [9.17, 15) is 4.79 Å². The van der Waals surface area contributed by atoms with Crippen LogP contribution in [0.15, 0.2) is 24.3 Å². The predicted molar refractivity (Wildman–Crippen MR) is 84.9 cm³/mol. The van der Waals surface area contributed by atoms with Crippen molar-refractivity contribution in [1.29, 1.82) is 0 Å². The van der Waals surface area contributed by atoms with Crippen LogP contribution in [0.3, 0.4) is 0 Å². The fourth-order valence-electron chi connectivity index (χ4n) is 1.58. The van der Waals surface area contributed by atoms with Gasteiger partial charge in [-0.25, -0.2) is 0 Å². The van der Waals surface area contributed by atoms with Gasteiger partial charge < -0.3 is 10.4 Å². The first kappa shape index (κ1) is 16.6. The van der Waals surface area contributed by atoms with Crippen molar-refractivity contribution in [2.75, 3.05) is 6.54 Å². The van der Waals surface area contributed by atoms with Gasteiger partial charge >= 0.3 is 0 Å². The zero-order valence-electron chi connectivity index (χ0n) is 12.4. The van der Waals surface area contributed by atoms with Gasteiger partial charge in [0.1, 0.15) is 0 Å². The van der Waals surface area contributed by atoms with E-state index < -0.39 is 6.10 Å². The Bertz CT molecular complexity index is 476. The molecule has 1 aromatic rings. The van der Waals surface area contributed by atoms with Crippen LogP contribution in [0.5, 0.6) is 0 Å². The van der Waals surface area contributed by atoms with Crippen LogP contribution in [-0.2, 0) is 5.41 Å². The van der Waals surface area contributed by atoms with E-state index in [2.05, 4.69) is 31.4 Å². The second-order valence-corrected chi connectivity index (χ2v) is 6.25. The van der Waals surface area contributed by atoms with Gasteiger partial charge in [-0.3, -0.25) is 10.1 Å². The Hall–Kier alpha value is -1.46. The number of nitrogens with one attached hydrogen (secondary N) is 2. The number of thiocarbonyl (C=S) groups is 1. The molecule has 0 aromatic heterocycles. The van der Waals surface area contributed by atoms with Crippen LogP contribution < -0.4 is 10.6 Å². The number of rotatable bonds is 3. The van der Waals surface area contributed by atoms with Crippen molar-refractivity contribution in [2.24, 2.45) is 0 Å². The van der Waals surface area contributed by atoms with Gasteiger partial charge in [0.15, 0.2) is 5.11 Å². The number of carbonyl (C=O) groups is 1. The Morgan fingerprint density at radius 1 is 1.30 bits per heavy atom. The molecule has 1 aromatic carbocycles. The molecule has 0 saturated heterocycles. The summed E-state index contributed by atoms with van der Waals surface area (Å²) in [5.41, 5.74) is 1.78. The molecular formula is C15H22N2O2S. The molecule has 20 heavy (non-hydrogen) atoms. The van der Waals surface area contributed by atoms with E-state index in [1.54, 1.807) is 19.1 Å². The SMILES string of the molecule is CC(O)CNC(=S)NC(=O)c1ccc(C(C)(C)C)cc1. The quantitative estimate of drug-likeness (QED) is 0.746. The highest BCUT2D eigenvalue weighted by Gasteiger charge is 2.14. The molecule has 110 valence electrons. The first-order valence-corrected chi connectivity index (χ1v) is 6.99. The van der Waals surface area contributed by atoms with Gasteiger partial charge in [0.25, 0.3) is 5.91 Å². The molecule has 1 atom stereocenters. The van der Waals surface area contributed by atoms with Crippen molar-refractivity contribution in [3.63, 3.8) is 0 Å². The van der Waals surface area contributed by atoms with Crippen LogP contribution >= 0.6 is 12.2 Å². The number of aliphatic hydroxyl groups is 1. The lowest BCUT2D eigenvalue weighted by molar-refractivity contribution is 0.0976. The molecule has 0 bridgehead atoms. The molecule has 1 amide bonds. The number of aliphatic hydroxyl groups excluding tert-OH is 1. The van der Waals surface area contributed by atoms with Crippen molar-refractivity contribution in [3.8, 4) is 0 Å². The van der Waals surface area contributed by atoms with E-state index in [0.717, 1.165) is 0 Å². The summed E-state index contributed by atoms with van der Waals surface area (Å²) >= 11 is 4.98. The van der Waals surface area contributed by atoms with E-state index in [0.29, 0.717) is 12.1 Å². The number of hydrogen-bond acceptors (Lipinski definition) is 3. The average Bonchev–Trinajstić information content (AvgIpc) is 2.35. The fraction of sp³-hybridized carbons (Fsp3) is 0.467. The van der Waals surface area contributed by atoms with E-state index in [1.165, 1.54) is 5.56 Å². The van der Waals surface area contributed by atoms with E-state index >= 15 is 0 Å². The molecule has 0 aliphatic carbocycles. The number of amides is 1. The van der Waals surface area contributed by atoms with Gasteiger partial charge in [-0.15, -0.1) is 0 Å². The van der Waals surface area contributed by atoms with E-state index in [-0.39, 0.29) is 16.4 Å². The van der Waals surface area contributed by atoms with Crippen LogP contribution in [0.25, 0.3) is 0 Å². The molecule has 5 heteroatoms. The molecule has 0 aliphatic heterocycles. The zero-order valence-corrected chi connectivity index (χ0v) is 13.2. The molecule has 0 fully saturated rings. The molecule has 0 heterocycles. The lowest BCUT2D eigenvalue weighted by Crippen LogP contribution is -2.41. The molecule has 1 rings (SSSR count). The topological polar surface area (TPSA) is 61.4 Å². The largest absolute Gasteiger partial charge is 0.392 e. The molecule has 4 nitrogen and oxygen atoms in total. The first-order chi connectivity index (χ1) is 9.20. The highest BCUT2D eigenvalue weighted by molar-refractivity contribution is 7.80. The highest BCUT2D eigenvalue weighted by Crippen LogP contribution is 2.22. The second kappa shape index (κ2) is 6.81. The molecule has 0 spiro atoms. The lowest BCUT2D eigenvalue weighted by Gasteiger charge is -2.19. The third kappa shape index (κ3) is 5.27. The number of carbonyl (C=O) groups excluding carboxylic acids is 1. The maximum atomic E-state index is 12.0. The van der Waals surface area contributed by atoms with Crippen LogP contribution in [0, 0.1) is 0 Å². The summed E-state index contributed by atoms with van der Waals surface area (Å²) in [4.78, 5) is 12.0. The van der Waals surface area contributed by atoms with Gasteiger partial charge in [0.2, 0.25) is 0 Å². The molecular weight excluding hydrogens is 272 g/mol. The van der Waals surface area contributed by atoms with Crippen molar-refractivity contribution in [1.82, 2.24) is 10.6 Å². The summed E-state index contributed by atoms with van der Waals surface area (Å²) in [6, 6.07) is 7.46. The van der Waals surface area contributed by atoms with Crippen molar-refractivity contribution < 1.29 is 9.90 Å². The Labute approximate surface area is 125 Å². The zero-order chi connectivity index (χ0) is 15.3. The van der Waals surface area contributed by atoms with Crippen LogP contribution in [0.2, 0.25) is 0 Å². The molecule has 1 unspecified atom stereocenters. The molecule has 0 radical (unpaired) electrons. The Balaban J connectivity index is 2.62. The third-order valence-corrected chi connectivity index (χ3v) is 3.04. The standard InChI is InChI=1S/C15H22N2O2S/c1-10(18)9-16-14(20)17-13(19)11-5-7-12(8-6-11)15(2,3)4/h5-8,10,18H,9H2,1-4H3,(H2,16,17,19,20). The Morgan fingerprint density at radius 2 is 1.85 bits per heavy atom. The van der Waals surface area contributed by atoms with Gasteiger partial charge in [-0.1, -0.05) is 32.9 Å². The maximum Gasteiger partial charge on any atom is 0.257 e. The second-order valence-electron chi connectivity index (χ2n) is 5.84. The molecule has 0 saturated carbocycles. The minimum atomic E-state index is -0.518. The van der Waals surface area contributed by atoms with E-state index in [1.807, 2.05) is 12.1 Å². The summed E-state index contributed by atoms with van der Waals surface area (Å²) in [6.45, 7) is 8.32. The van der Waals surface area contributed by atoms with Crippen molar-refractivity contribution >= 4 is 23.2 Å². The predicted octanol–water partition coefficient (Wildman–Crippen LogP) is 1.97. The van der Waals surface area contributed by atoms with E-state index in [4.69, 9.17) is 17.3 Å². The summed E-state index contributed by atoms with van der Waals surface area (Å²) in [7, 11) is 0. The highest BCUT2D eigenvalue weighted by atomic mass is 32.1. The van der Waals surface area contributed by atoms with Gasteiger partial charge in [-0.2, -0.15) is 0 Å².